The fourth-order valence-electron chi connectivity index (χ4n) is 3.37. The first kappa shape index (κ1) is 14.0. The predicted molar refractivity (Wildman–Crippen MR) is 92.1 cm³/mol. The molecule has 0 radical (unpaired) electrons. The molecular formula is C20H27NO2. The summed E-state index contributed by atoms with van der Waals surface area (Å²) < 4.78 is 17.6. The molecule has 1 aromatic carbocycles. The Morgan fingerprint density at radius 1 is 1.43 bits per heavy atom. The van der Waals surface area contributed by atoms with Gasteiger partial charge in [0.2, 0.25) is 0 Å². The summed E-state index contributed by atoms with van der Waals surface area (Å²) in [6.45, 7) is 0.787. The highest BCUT2D eigenvalue weighted by Crippen LogP contribution is 2.42. The largest absolute Gasteiger partial charge is 0.393 e. The molecule has 0 bridgehead atoms. The van der Waals surface area contributed by atoms with Gasteiger partial charge in [-0.3, -0.25) is 4.90 Å². The zero-order valence-corrected chi connectivity index (χ0v) is 13.8. The Morgan fingerprint density at radius 2 is 2.22 bits per heavy atom. The minimum absolute atomic E-state index is 0.143. The summed E-state index contributed by atoms with van der Waals surface area (Å²) >= 11 is 0. The topological polar surface area (TPSA) is 43.7 Å². The van der Waals surface area contributed by atoms with Crippen molar-refractivity contribution >= 4 is 0 Å². The molecule has 0 spiro atoms. The number of likely N-dealkylation sites (tertiary alicyclic amines) is 1. The van der Waals surface area contributed by atoms with Crippen molar-refractivity contribution in [2.75, 3.05) is 19.7 Å². The van der Waals surface area contributed by atoms with Crippen molar-refractivity contribution in [1.82, 2.24) is 4.90 Å². The zero-order chi connectivity index (χ0) is 18.2. The first-order valence-corrected chi connectivity index (χ1v) is 8.49. The summed E-state index contributed by atoms with van der Waals surface area (Å²) in [5.41, 5.74) is 1.33. The monoisotopic (exact) mass is 315 g/mol. The van der Waals surface area contributed by atoms with Gasteiger partial charge in [0.05, 0.1) is 12.2 Å². The molecule has 3 heteroatoms. The van der Waals surface area contributed by atoms with Crippen LogP contribution in [0.5, 0.6) is 0 Å². The van der Waals surface area contributed by atoms with Crippen LogP contribution in [0.4, 0.5) is 0 Å². The maximum Gasteiger partial charge on any atom is 0.0889 e. The molecule has 3 rings (SSSR count). The molecule has 1 aliphatic heterocycles. The van der Waals surface area contributed by atoms with Crippen LogP contribution < -0.4 is 0 Å². The summed E-state index contributed by atoms with van der Waals surface area (Å²) in [7, 11) is 0. The van der Waals surface area contributed by atoms with Crippen LogP contribution in [0.15, 0.2) is 18.2 Å². The zero-order valence-electron chi connectivity index (χ0n) is 15.8. The van der Waals surface area contributed by atoms with E-state index >= 15 is 0 Å². The van der Waals surface area contributed by atoms with Crippen molar-refractivity contribution in [3.05, 3.63) is 34.9 Å². The molecule has 1 aromatic rings. The Labute approximate surface area is 142 Å². The average Bonchev–Trinajstić information content (AvgIpc) is 3.46. The lowest BCUT2D eigenvalue weighted by atomic mass is 9.83. The summed E-state index contributed by atoms with van der Waals surface area (Å²) in [4.78, 5) is 1.81. The number of nitrogens with zero attached hydrogens (tertiary/aromatic N) is 1. The molecule has 2 N–H and O–H groups in total. The number of hydrogen-bond acceptors (Lipinski definition) is 3. The fourth-order valence-corrected chi connectivity index (χ4v) is 3.37. The predicted octanol–water partition coefficient (Wildman–Crippen LogP) is 2.50. The summed E-state index contributed by atoms with van der Waals surface area (Å²) in [6.07, 6.45) is 9.29. The standard InChI is InChI=1S/C20H27NO2/c1-3-15-6-7-17(19(11-15)16-8-9-16)12-21-10-4-5-18(13-21)20(2,23)14-22/h1,6-7,11,16,18,22-23H,4-5,8-10,12-14H2,2H3/t18-,20+/m0/s1/i12D2. The average molecular weight is 315 g/mol. The van der Waals surface area contributed by atoms with Crippen molar-refractivity contribution in [3.8, 4) is 12.3 Å². The maximum atomic E-state index is 10.4. The molecule has 1 aliphatic carbocycles. The van der Waals surface area contributed by atoms with Crippen molar-refractivity contribution in [2.24, 2.45) is 5.92 Å². The van der Waals surface area contributed by atoms with Crippen molar-refractivity contribution in [2.45, 2.75) is 50.6 Å². The highest BCUT2D eigenvalue weighted by atomic mass is 16.3. The molecule has 124 valence electrons. The molecule has 1 saturated heterocycles. The molecule has 1 heterocycles. The molecule has 2 fully saturated rings. The Balaban J connectivity index is 1.90. The second kappa shape index (κ2) is 6.65. The highest BCUT2D eigenvalue weighted by Gasteiger charge is 2.35. The maximum absolute atomic E-state index is 10.4. The summed E-state index contributed by atoms with van der Waals surface area (Å²) in [5.74, 6) is 2.91. The molecule has 0 amide bonds. The van der Waals surface area contributed by atoms with E-state index in [1.165, 1.54) is 0 Å². The Kier molecular flexibility index (Phi) is 4.06. The van der Waals surface area contributed by atoms with Gasteiger partial charge in [-0.15, -0.1) is 6.42 Å². The lowest BCUT2D eigenvalue weighted by Crippen LogP contribution is -2.47. The van der Waals surface area contributed by atoms with Crippen LogP contribution >= 0.6 is 0 Å². The quantitative estimate of drug-likeness (QED) is 0.821. The van der Waals surface area contributed by atoms with Crippen LogP contribution in [0.1, 0.15) is 58.0 Å². The van der Waals surface area contributed by atoms with Crippen LogP contribution in [0.3, 0.4) is 0 Å². The second-order valence-corrected chi connectivity index (χ2v) is 7.13. The van der Waals surface area contributed by atoms with E-state index in [2.05, 4.69) is 5.92 Å². The molecule has 2 aliphatic rings. The van der Waals surface area contributed by atoms with Gasteiger partial charge >= 0.3 is 0 Å². The van der Waals surface area contributed by atoms with Crippen LogP contribution in [0.2, 0.25) is 0 Å². The van der Waals surface area contributed by atoms with Gasteiger partial charge in [0.25, 0.3) is 0 Å². The SMILES string of the molecule is [2H]C([2H])(c1ccc(C#C)cc1C1CC1)N1CCC[C@H]([C@](C)(O)CO)C1. The Morgan fingerprint density at radius 3 is 2.87 bits per heavy atom. The molecule has 0 unspecified atom stereocenters. The number of aliphatic hydroxyl groups is 2. The van der Waals surface area contributed by atoms with Gasteiger partial charge in [-0.2, -0.15) is 0 Å². The first-order chi connectivity index (χ1) is 11.8. The van der Waals surface area contributed by atoms with Gasteiger partial charge in [0, 0.05) is 27.3 Å². The van der Waals surface area contributed by atoms with E-state index in [-0.39, 0.29) is 12.5 Å². The lowest BCUT2D eigenvalue weighted by Gasteiger charge is -2.39. The minimum atomic E-state index is -1.62. The van der Waals surface area contributed by atoms with Crippen LogP contribution in [0.25, 0.3) is 0 Å². The normalized spacial score (nSPS) is 26.8. The van der Waals surface area contributed by atoms with E-state index in [9.17, 15) is 10.2 Å². The number of benzene rings is 1. The third kappa shape index (κ3) is 3.77. The minimum Gasteiger partial charge on any atom is -0.393 e. The van der Waals surface area contributed by atoms with E-state index in [0.717, 1.165) is 36.8 Å². The van der Waals surface area contributed by atoms with Crippen molar-refractivity contribution < 1.29 is 13.0 Å². The van der Waals surface area contributed by atoms with Gasteiger partial charge in [-0.1, -0.05) is 12.0 Å². The van der Waals surface area contributed by atoms with Crippen molar-refractivity contribution in [3.63, 3.8) is 0 Å². The fraction of sp³-hybridized carbons (Fsp3) is 0.600. The summed E-state index contributed by atoms with van der Waals surface area (Å²) in [5, 5.41) is 19.9. The van der Waals surface area contributed by atoms with Crippen LogP contribution in [-0.4, -0.2) is 40.4 Å². The van der Waals surface area contributed by atoms with Crippen LogP contribution in [-0.2, 0) is 6.50 Å². The van der Waals surface area contributed by atoms with Crippen molar-refractivity contribution in [1.29, 1.82) is 0 Å². The Bertz CT molecular complexity index is 677. The molecule has 23 heavy (non-hydrogen) atoms. The highest BCUT2D eigenvalue weighted by molar-refractivity contribution is 5.43. The van der Waals surface area contributed by atoms with Gasteiger partial charge in [0.15, 0.2) is 0 Å². The first-order valence-electron chi connectivity index (χ1n) is 9.49. The number of piperidine rings is 1. The molecule has 2 atom stereocenters. The molecule has 3 nitrogen and oxygen atoms in total. The van der Waals surface area contributed by atoms with Gasteiger partial charge in [-0.05, 0) is 68.3 Å². The van der Waals surface area contributed by atoms with E-state index in [1.807, 2.05) is 23.1 Å². The Hall–Kier alpha value is -1.34. The number of hydrogen-bond donors (Lipinski definition) is 2. The third-order valence-electron chi connectivity index (χ3n) is 5.13. The van der Waals surface area contributed by atoms with Gasteiger partial charge < -0.3 is 10.2 Å². The van der Waals surface area contributed by atoms with Gasteiger partial charge in [0.1, 0.15) is 0 Å². The number of aliphatic hydroxyl groups excluding tert-OH is 1. The van der Waals surface area contributed by atoms with E-state index in [0.29, 0.717) is 24.6 Å². The lowest BCUT2D eigenvalue weighted by molar-refractivity contribution is -0.0697. The summed E-state index contributed by atoms with van der Waals surface area (Å²) in [6, 6.07) is 5.59. The van der Waals surface area contributed by atoms with Crippen LogP contribution in [0, 0.1) is 18.3 Å². The molecular weight excluding hydrogens is 286 g/mol. The van der Waals surface area contributed by atoms with E-state index in [4.69, 9.17) is 9.16 Å². The van der Waals surface area contributed by atoms with E-state index in [1.54, 1.807) is 6.92 Å². The molecule has 1 saturated carbocycles. The second-order valence-electron chi connectivity index (χ2n) is 7.13. The number of rotatable bonds is 5. The van der Waals surface area contributed by atoms with Gasteiger partial charge in [-0.25, -0.2) is 0 Å². The van der Waals surface area contributed by atoms with E-state index < -0.39 is 12.1 Å². The number of terminal acetylenes is 1. The smallest absolute Gasteiger partial charge is 0.0889 e. The molecule has 0 aromatic heterocycles. The third-order valence-corrected chi connectivity index (χ3v) is 5.13.